The third-order valence-electron chi connectivity index (χ3n) is 3.59. The van der Waals surface area contributed by atoms with Gasteiger partial charge in [-0.1, -0.05) is 48.5 Å². The first-order chi connectivity index (χ1) is 9.78. The predicted octanol–water partition coefficient (Wildman–Crippen LogP) is 3.90. The maximum atomic E-state index is 6.38. The molecule has 0 radical (unpaired) electrons. The molecule has 0 aliphatic rings. The van der Waals surface area contributed by atoms with Crippen LogP contribution >= 0.6 is 0 Å². The predicted molar refractivity (Wildman–Crippen MR) is 83.0 cm³/mol. The lowest BCUT2D eigenvalue weighted by Crippen LogP contribution is -2.11. The monoisotopic (exact) mass is 263 g/mol. The van der Waals surface area contributed by atoms with Crippen molar-refractivity contribution < 1.29 is 4.74 Å². The minimum atomic E-state index is -0.144. The second kappa shape index (κ2) is 5.35. The van der Waals surface area contributed by atoms with Gasteiger partial charge in [-0.05, 0) is 40.1 Å². The third-order valence-corrected chi connectivity index (χ3v) is 3.59. The van der Waals surface area contributed by atoms with E-state index in [4.69, 9.17) is 10.5 Å². The van der Waals surface area contributed by atoms with Crippen molar-refractivity contribution in [2.24, 2.45) is 5.73 Å². The minimum absolute atomic E-state index is 0.144. The molecular formula is C18H17NO. The van der Waals surface area contributed by atoms with Crippen LogP contribution in [0.5, 0.6) is 5.75 Å². The van der Waals surface area contributed by atoms with Crippen molar-refractivity contribution in [2.75, 3.05) is 7.11 Å². The van der Waals surface area contributed by atoms with Gasteiger partial charge in [0.15, 0.2) is 0 Å². The first-order valence-electron chi connectivity index (χ1n) is 6.66. The summed E-state index contributed by atoms with van der Waals surface area (Å²) in [5, 5.41) is 2.44. The Morgan fingerprint density at radius 2 is 1.55 bits per heavy atom. The number of ether oxygens (including phenoxy) is 1. The lowest BCUT2D eigenvalue weighted by molar-refractivity contribution is 0.414. The molecule has 0 fully saturated rings. The highest BCUT2D eigenvalue weighted by molar-refractivity contribution is 5.83. The van der Waals surface area contributed by atoms with Gasteiger partial charge < -0.3 is 10.5 Å². The van der Waals surface area contributed by atoms with Crippen LogP contribution in [0.25, 0.3) is 10.8 Å². The fourth-order valence-electron chi connectivity index (χ4n) is 2.43. The number of fused-ring (bicyclic) bond motifs is 1. The second-order valence-electron chi connectivity index (χ2n) is 4.86. The van der Waals surface area contributed by atoms with Gasteiger partial charge in [0.05, 0.1) is 13.2 Å². The van der Waals surface area contributed by atoms with Crippen LogP contribution in [0.3, 0.4) is 0 Å². The molecule has 0 bridgehead atoms. The van der Waals surface area contributed by atoms with Crippen LogP contribution in [0, 0.1) is 0 Å². The van der Waals surface area contributed by atoms with E-state index in [9.17, 15) is 0 Å². The summed E-state index contributed by atoms with van der Waals surface area (Å²) >= 11 is 0. The zero-order valence-corrected chi connectivity index (χ0v) is 11.4. The van der Waals surface area contributed by atoms with Crippen LogP contribution in [-0.4, -0.2) is 7.11 Å². The molecule has 0 heterocycles. The van der Waals surface area contributed by atoms with E-state index >= 15 is 0 Å². The van der Waals surface area contributed by atoms with Crippen molar-refractivity contribution in [1.82, 2.24) is 0 Å². The SMILES string of the molecule is COc1cccc(C(N)c2ccc3ccccc3c2)c1. The Balaban J connectivity index is 2.00. The Hall–Kier alpha value is -2.32. The number of nitrogens with two attached hydrogens (primary N) is 1. The largest absolute Gasteiger partial charge is 0.497 e. The molecule has 3 aromatic carbocycles. The van der Waals surface area contributed by atoms with Gasteiger partial charge in [0, 0.05) is 0 Å². The molecule has 0 aliphatic carbocycles. The second-order valence-corrected chi connectivity index (χ2v) is 4.86. The Kier molecular flexibility index (Phi) is 3.40. The van der Waals surface area contributed by atoms with Crippen LogP contribution in [0.2, 0.25) is 0 Å². The summed E-state index contributed by atoms with van der Waals surface area (Å²) in [5.74, 6) is 0.832. The highest BCUT2D eigenvalue weighted by Gasteiger charge is 2.10. The smallest absolute Gasteiger partial charge is 0.119 e. The summed E-state index contributed by atoms with van der Waals surface area (Å²) in [6, 6.07) is 22.4. The van der Waals surface area contributed by atoms with Gasteiger partial charge in [0.25, 0.3) is 0 Å². The molecule has 3 rings (SSSR count). The summed E-state index contributed by atoms with van der Waals surface area (Å²) in [6.07, 6.45) is 0. The fourth-order valence-corrected chi connectivity index (χ4v) is 2.43. The van der Waals surface area contributed by atoms with Crippen molar-refractivity contribution in [3.8, 4) is 5.75 Å². The number of hydrogen-bond acceptors (Lipinski definition) is 2. The molecule has 20 heavy (non-hydrogen) atoms. The van der Waals surface area contributed by atoms with E-state index < -0.39 is 0 Å². The molecule has 3 aromatic rings. The maximum Gasteiger partial charge on any atom is 0.119 e. The van der Waals surface area contributed by atoms with Gasteiger partial charge in [-0.2, -0.15) is 0 Å². The van der Waals surface area contributed by atoms with Crippen molar-refractivity contribution in [2.45, 2.75) is 6.04 Å². The van der Waals surface area contributed by atoms with E-state index in [1.807, 2.05) is 36.4 Å². The molecule has 0 aromatic heterocycles. The lowest BCUT2D eigenvalue weighted by atomic mass is 9.97. The number of hydrogen-bond donors (Lipinski definition) is 1. The van der Waals surface area contributed by atoms with Gasteiger partial charge in [-0.15, -0.1) is 0 Å². The molecule has 0 saturated carbocycles. The number of benzene rings is 3. The van der Waals surface area contributed by atoms with E-state index in [1.54, 1.807) is 7.11 Å². The molecule has 100 valence electrons. The van der Waals surface area contributed by atoms with Crippen LogP contribution in [0.4, 0.5) is 0 Å². The van der Waals surface area contributed by atoms with Gasteiger partial charge in [-0.25, -0.2) is 0 Å². The maximum absolute atomic E-state index is 6.38. The standard InChI is InChI=1S/C18H17NO/c1-20-17-8-4-7-15(12-17)18(19)16-10-9-13-5-2-3-6-14(13)11-16/h2-12,18H,19H2,1H3. The molecule has 0 aliphatic heterocycles. The van der Waals surface area contributed by atoms with Crippen LogP contribution < -0.4 is 10.5 Å². The Morgan fingerprint density at radius 3 is 2.35 bits per heavy atom. The normalized spacial score (nSPS) is 12.3. The Bertz CT molecular complexity index is 736. The first kappa shape index (κ1) is 12.7. The van der Waals surface area contributed by atoms with Crippen molar-refractivity contribution in [1.29, 1.82) is 0 Å². The summed E-state index contributed by atoms with van der Waals surface area (Å²) in [6.45, 7) is 0. The van der Waals surface area contributed by atoms with Gasteiger partial charge in [-0.3, -0.25) is 0 Å². The van der Waals surface area contributed by atoms with Gasteiger partial charge in [0.1, 0.15) is 5.75 Å². The molecule has 0 spiro atoms. The van der Waals surface area contributed by atoms with E-state index in [0.29, 0.717) is 0 Å². The van der Waals surface area contributed by atoms with Crippen LogP contribution in [0.15, 0.2) is 66.7 Å². The molecule has 2 heteroatoms. The number of methoxy groups -OCH3 is 1. The lowest BCUT2D eigenvalue weighted by Gasteiger charge is -2.14. The van der Waals surface area contributed by atoms with Gasteiger partial charge >= 0.3 is 0 Å². The molecule has 0 saturated heterocycles. The fraction of sp³-hybridized carbons (Fsp3) is 0.111. The summed E-state index contributed by atoms with van der Waals surface area (Å²) < 4.78 is 5.26. The molecule has 2 nitrogen and oxygen atoms in total. The average Bonchev–Trinajstić information content (AvgIpc) is 2.53. The highest BCUT2D eigenvalue weighted by Crippen LogP contribution is 2.25. The molecule has 2 N–H and O–H groups in total. The van der Waals surface area contributed by atoms with E-state index in [1.165, 1.54) is 10.8 Å². The van der Waals surface area contributed by atoms with Crippen LogP contribution in [-0.2, 0) is 0 Å². The topological polar surface area (TPSA) is 35.2 Å². The van der Waals surface area contributed by atoms with Gasteiger partial charge in [0.2, 0.25) is 0 Å². The highest BCUT2D eigenvalue weighted by atomic mass is 16.5. The zero-order valence-electron chi connectivity index (χ0n) is 11.4. The Morgan fingerprint density at radius 1 is 0.800 bits per heavy atom. The summed E-state index contributed by atoms with van der Waals surface area (Å²) in [5.41, 5.74) is 8.54. The van der Waals surface area contributed by atoms with Crippen molar-refractivity contribution in [3.05, 3.63) is 77.9 Å². The first-order valence-corrected chi connectivity index (χ1v) is 6.66. The minimum Gasteiger partial charge on any atom is -0.497 e. The Labute approximate surface area is 118 Å². The van der Waals surface area contributed by atoms with E-state index in [-0.39, 0.29) is 6.04 Å². The molecule has 0 amide bonds. The summed E-state index contributed by atoms with van der Waals surface area (Å²) in [4.78, 5) is 0. The van der Waals surface area contributed by atoms with Crippen molar-refractivity contribution in [3.63, 3.8) is 0 Å². The van der Waals surface area contributed by atoms with Crippen molar-refractivity contribution >= 4 is 10.8 Å². The third kappa shape index (κ3) is 2.38. The quantitative estimate of drug-likeness (QED) is 0.778. The molecule has 1 unspecified atom stereocenters. The van der Waals surface area contributed by atoms with Crippen LogP contribution in [0.1, 0.15) is 17.2 Å². The van der Waals surface area contributed by atoms with E-state index in [0.717, 1.165) is 16.9 Å². The van der Waals surface area contributed by atoms with E-state index in [2.05, 4.69) is 30.3 Å². The molecule has 1 atom stereocenters. The summed E-state index contributed by atoms with van der Waals surface area (Å²) in [7, 11) is 1.67. The average molecular weight is 263 g/mol. The number of rotatable bonds is 3. The molecular weight excluding hydrogens is 246 g/mol. The zero-order chi connectivity index (χ0) is 13.9.